The molecule has 114 valence electrons. The molecular formula is C16H28N2O2. The Morgan fingerprint density at radius 2 is 2.05 bits per heavy atom. The number of nitrogens with zero attached hydrogens (tertiary/aromatic N) is 2. The fourth-order valence-electron chi connectivity index (χ4n) is 2.77. The zero-order chi connectivity index (χ0) is 15.3. The molecule has 1 unspecified atom stereocenters. The first-order valence-electron chi connectivity index (χ1n) is 7.39. The molecule has 0 aliphatic heterocycles. The van der Waals surface area contributed by atoms with E-state index in [2.05, 4.69) is 37.2 Å². The van der Waals surface area contributed by atoms with Gasteiger partial charge in [-0.3, -0.25) is 9.69 Å². The molecule has 4 heteroatoms. The van der Waals surface area contributed by atoms with Crippen LogP contribution >= 0.6 is 0 Å². The molecule has 1 heterocycles. The van der Waals surface area contributed by atoms with Crippen LogP contribution < -0.4 is 0 Å². The van der Waals surface area contributed by atoms with Crippen molar-refractivity contribution in [2.75, 3.05) is 26.8 Å². The number of aromatic nitrogens is 1. The van der Waals surface area contributed by atoms with Crippen molar-refractivity contribution in [2.24, 2.45) is 0 Å². The van der Waals surface area contributed by atoms with Gasteiger partial charge in [-0.2, -0.15) is 0 Å². The number of aryl methyl sites for hydroxylation is 1. The van der Waals surface area contributed by atoms with Gasteiger partial charge in [0.05, 0.1) is 13.2 Å². The van der Waals surface area contributed by atoms with Crippen LogP contribution in [0.2, 0.25) is 0 Å². The van der Waals surface area contributed by atoms with Crippen LogP contribution in [0.4, 0.5) is 0 Å². The summed E-state index contributed by atoms with van der Waals surface area (Å²) < 4.78 is 7.36. The van der Waals surface area contributed by atoms with Gasteiger partial charge in [0.25, 0.3) is 0 Å². The van der Waals surface area contributed by atoms with Crippen molar-refractivity contribution < 1.29 is 9.53 Å². The minimum Gasteiger partial charge on any atom is -0.383 e. The number of rotatable bonds is 8. The second-order valence-electron chi connectivity index (χ2n) is 5.32. The lowest BCUT2D eigenvalue weighted by molar-refractivity contribution is 0.0787. The van der Waals surface area contributed by atoms with Gasteiger partial charge in [0.15, 0.2) is 5.78 Å². The molecule has 0 radical (unpaired) electrons. The van der Waals surface area contributed by atoms with Gasteiger partial charge in [-0.25, -0.2) is 0 Å². The zero-order valence-corrected chi connectivity index (χ0v) is 13.7. The molecule has 0 saturated carbocycles. The van der Waals surface area contributed by atoms with Crippen LogP contribution in [0.25, 0.3) is 0 Å². The molecule has 20 heavy (non-hydrogen) atoms. The van der Waals surface area contributed by atoms with Crippen LogP contribution in [0, 0.1) is 13.8 Å². The van der Waals surface area contributed by atoms with E-state index in [9.17, 15) is 4.79 Å². The standard InChI is InChI=1S/C16H28N2O2/c1-7-17(13(4)11-20-6)10-16(19)15-9-12(3)18(8-2)14(15)5/h9,13H,7-8,10-11H2,1-6H3. The van der Waals surface area contributed by atoms with Crippen molar-refractivity contribution in [2.45, 2.75) is 47.2 Å². The maximum atomic E-state index is 12.5. The van der Waals surface area contributed by atoms with Crippen LogP contribution in [0.3, 0.4) is 0 Å². The van der Waals surface area contributed by atoms with Crippen LogP contribution in [0.5, 0.6) is 0 Å². The van der Waals surface area contributed by atoms with Crippen molar-refractivity contribution in [1.82, 2.24) is 9.47 Å². The average Bonchev–Trinajstić information content (AvgIpc) is 2.70. The topological polar surface area (TPSA) is 34.5 Å². The fourth-order valence-corrected chi connectivity index (χ4v) is 2.77. The summed E-state index contributed by atoms with van der Waals surface area (Å²) in [6.07, 6.45) is 0. The van der Waals surface area contributed by atoms with Crippen molar-refractivity contribution in [1.29, 1.82) is 0 Å². The van der Waals surface area contributed by atoms with Crippen molar-refractivity contribution in [3.8, 4) is 0 Å². The van der Waals surface area contributed by atoms with E-state index in [4.69, 9.17) is 4.74 Å². The molecule has 0 amide bonds. The Labute approximate surface area is 122 Å². The van der Waals surface area contributed by atoms with Crippen LogP contribution in [-0.4, -0.2) is 48.1 Å². The summed E-state index contributed by atoms with van der Waals surface area (Å²) in [5.74, 6) is 0.197. The fraction of sp³-hybridized carbons (Fsp3) is 0.688. The van der Waals surface area contributed by atoms with Crippen molar-refractivity contribution in [3.63, 3.8) is 0 Å². The van der Waals surface area contributed by atoms with Gasteiger partial charge >= 0.3 is 0 Å². The Bertz CT molecular complexity index is 452. The third kappa shape index (κ3) is 3.70. The predicted molar refractivity (Wildman–Crippen MR) is 82.5 cm³/mol. The second-order valence-corrected chi connectivity index (χ2v) is 5.32. The number of hydrogen-bond donors (Lipinski definition) is 0. The Kier molecular flexibility index (Phi) is 6.43. The zero-order valence-electron chi connectivity index (χ0n) is 13.7. The highest BCUT2D eigenvalue weighted by Gasteiger charge is 2.20. The van der Waals surface area contributed by atoms with Crippen molar-refractivity contribution in [3.05, 3.63) is 23.0 Å². The summed E-state index contributed by atoms with van der Waals surface area (Å²) in [5.41, 5.74) is 3.08. The van der Waals surface area contributed by atoms with Crippen molar-refractivity contribution >= 4 is 5.78 Å². The summed E-state index contributed by atoms with van der Waals surface area (Å²) in [5, 5.41) is 0. The molecule has 0 aromatic carbocycles. The quantitative estimate of drug-likeness (QED) is 0.687. The minimum atomic E-state index is 0.197. The first kappa shape index (κ1) is 16.9. The molecule has 4 nitrogen and oxygen atoms in total. The summed E-state index contributed by atoms with van der Waals surface area (Å²) in [6.45, 7) is 13.2. The third-order valence-electron chi connectivity index (χ3n) is 3.97. The molecule has 1 aromatic rings. The largest absolute Gasteiger partial charge is 0.383 e. The van der Waals surface area contributed by atoms with Crippen LogP contribution in [0.1, 0.15) is 42.5 Å². The minimum absolute atomic E-state index is 0.197. The molecule has 0 spiro atoms. The van der Waals surface area contributed by atoms with Crippen LogP contribution in [0.15, 0.2) is 6.07 Å². The van der Waals surface area contributed by atoms with E-state index in [-0.39, 0.29) is 11.8 Å². The summed E-state index contributed by atoms with van der Waals surface area (Å²) in [4.78, 5) is 14.7. The highest BCUT2D eigenvalue weighted by molar-refractivity contribution is 5.99. The number of carbonyl (C=O) groups excluding carboxylic acids is 1. The summed E-state index contributed by atoms with van der Waals surface area (Å²) >= 11 is 0. The van der Waals surface area contributed by atoms with Gasteiger partial charge in [0.1, 0.15) is 0 Å². The summed E-state index contributed by atoms with van der Waals surface area (Å²) in [7, 11) is 1.70. The first-order chi connectivity index (χ1) is 9.46. The smallest absolute Gasteiger partial charge is 0.178 e. The van der Waals surface area contributed by atoms with Crippen LogP contribution in [-0.2, 0) is 11.3 Å². The molecule has 1 rings (SSSR count). The Balaban J connectivity index is 2.85. The second kappa shape index (κ2) is 7.60. The number of ether oxygens (including phenoxy) is 1. The highest BCUT2D eigenvalue weighted by Crippen LogP contribution is 2.16. The van der Waals surface area contributed by atoms with Gasteiger partial charge in [0.2, 0.25) is 0 Å². The van der Waals surface area contributed by atoms with E-state index in [1.165, 1.54) is 0 Å². The van der Waals surface area contributed by atoms with Gasteiger partial charge in [-0.1, -0.05) is 6.92 Å². The molecule has 1 atom stereocenters. The lowest BCUT2D eigenvalue weighted by Gasteiger charge is -2.26. The monoisotopic (exact) mass is 280 g/mol. The highest BCUT2D eigenvalue weighted by atomic mass is 16.5. The Morgan fingerprint density at radius 3 is 2.50 bits per heavy atom. The molecule has 0 aliphatic carbocycles. The molecule has 0 aliphatic rings. The lowest BCUT2D eigenvalue weighted by Crippen LogP contribution is -2.39. The Morgan fingerprint density at radius 1 is 1.40 bits per heavy atom. The van der Waals surface area contributed by atoms with E-state index < -0.39 is 0 Å². The van der Waals surface area contributed by atoms with E-state index in [1.807, 2.05) is 13.0 Å². The van der Waals surface area contributed by atoms with E-state index in [0.29, 0.717) is 13.2 Å². The third-order valence-corrected chi connectivity index (χ3v) is 3.97. The molecular weight excluding hydrogens is 252 g/mol. The molecule has 1 aromatic heterocycles. The van der Waals surface area contributed by atoms with Gasteiger partial charge in [0, 0.05) is 36.6 Å². The number of ketones is 1. The molecule has 0 saturated heterocycles. The van der Waals surface area contributed by atoms with Gasteiger partial charge < -0.3 is 9.30 Å². The predicted octanol–water partition coefficient (Wildman–Crippen LogP) is 2.66. The molecule has 0 N–H and O–H groups in total. The van der Waals surface area contributed by atoms with E-state index in [1.54, 1.807) is 7.11 Å². The molecule has 0 bridgehead atoms. The number of methoxy groups -OCH3 is 1. The van der Waals surface area contributed by atoms with E-state index in [0.717, 1.165) is 30.0 Å². The number of Topliss-reactive ketones (excluding diaryl/α,β-unsaturated/α-hetero) is 1. The van der Waals surface area contributed by atoms with E-state index >= 15 is 0 Å². The maximum Gasteiger partial charge on any atom is 0.178 e. The molecule has 0 fully saturated rings. The van der Waals surface area contributed by atoms with Gasteiger partial charge in [-0.15, -0.1) is 0 Å². The number of likely N-dealkylation sites (N-methyl/N-ethyl adjacent to an activating group) is 1. The first-order valence-corrected chi connectivity index (χ1v) is 7.39. The number of carbonyl (C=O) groups is 1. The number of hydrogen-bond acceptors (Lipinski definition) is 3. The maximum absolute atomic E-state index is 12.5. The average molecular weight is 280 g/mol. The Hall–Kier alpha value is -1.13. The normalized spacial score (nSPS) is 12.9. The lowest BCUT2D eigenvalue weighted by atomic mass is 10.1. The van der Waals surface area contributed by atoms with Gasteiger partial charge in [-0.05, 0) is 40.3 Å². The SMILES string of the molecule is CCN(CC(=O)c1cc(C)n(CC)c1C)C(C)COC. The summed E-state index contributed by atoms with van der Waals surface area (Å²) in [6, 6.07) is 2.26.